The Hall–Kier alpha value is -2.24. The summed E-state index contributed by atoms with van der Waals surface area (Å²) < 4.78 is 10.7. The summed E-state index contributed by atoms with van der Waals surface area (Å²) >= 11 is 0. The number of nitrogen functional groups attached to an aromatic ring is 1. The molecule has 0 radical (unpaired) electrons. The van der Waals surface area contributed by atoms with Crippen molar-refractivity contribution in [3.05, 3.63) is 18.2 Å². The van der Waals surface area contributed by atoms with Gasteiger partial charge < -0.3 is 19.9 Å². The van der Waals surface area contributed by atoms with Crippen molar-refractivity contribution >= 4 is 11.6 Å². The zero-order chi connectivity index (χ0) is 14.7. The van der Waals surface area contributed by atoms with Gasteiger partial charge in [-0.25, -0.2) is 0 Å². The number of benzene rings is 1. The standard InChI is InChI=1S/C15H20N4O2/c1-20-13-10-11(16)6-7-12(13)14-17-15(18-21-14)19-8-4-2-3-5-9-19/h6-7,10H,2-5,8-9,16H2,1H3. The Balaban J connectivity index is 1.87. The molecule has 1 aliphatic heterocycles. The Kier molecular flexibility index (Phi) is 3.94. The van der Waals surface area contributed by atoms with Crippen LogP contribution in [0.4, 0.5) is 11.6 Å². The second-order valence-corrected chi connectivity index (χ2v) is 5.26. The van der Waals surface area contributed by atoms with E-state index in [-0.39, 0.29) is 0 Å². The lowest BCUT2D eigenvalue weighted by Gasteiger charge is -2.16. The number of hydrogen-bond acceptors (Lipinski definition) is 6. The molecule has 0 aliphatic carbocycles. The highest BCUT2D eigenvalue weighted by atomic mass is 16.5. The summed E-state index contributed by atoms with van der Waals surface area (Å²) in [5.41, 5.74) is 7.17. The average molecular weight is 288 g/mol. The van der Waals surface area contributed by atoms with Gasteiger partial charge in [-0.1, -0.05) is 12.8 Å². The third-order valence-corrected chi connectivity index (χ3v) is 3.76. The van der Waals surface area contributed by atoms with E-state index in [0.717, 1.165) is 18.7 Å². The van der Waals surface area contributed by atoms with Gasteiger partial charge in [0.05, 0.1) is 12.7 Å². The van der Waals surface area contributed by atoms with Crippen LogP contribution in [0.25, 0.3) is 11.5 Å². The van der Waals surface area contributed by atoms with Crippen LogP contribution in [0.3, 0.4) is 0 Å². The number of methoxy groups -OCH3 is 1. The number of ether oxygens (including phenoxy) is 1. The zero-order valence-corrected chi connectivity index (χ0v) is 12.2. The zero-order valence-electron chi connectivity index (χ0n) is 12.2. The lowest BCUT2D eigenvalue weighted by atomic mass is 10.2. The monoisotopic (exact) mass is 288 g/mol. The quantitative estimate of drug-likeness (QED) is 0.875. The van der Waals surface area contributed by atoms with Gasteiger partial charge in [0.2, 0.25) is 0 Å². The van der Waals surface area contributed by atoms with Gasteiger partial charge in [-0.15, -0.1) is 0 Å². The summed E-state index contributed by atoms with van der Waals surface area (Å²) in [6.45, 7) is 1.97. The minimum absolute atomic E-state index is 0.464. The number of anilines is 2. The highest BCUT2D eigenvalue weighted by Gasteiger charge is 2.18. The maximum Gasteiger partial charge on any atom is 0.266 e. The molecule has 0 spiro atoms. The number of hydrogen-bond donors (Lipinski definition) is 1. The number of nitrogens with two attached hydrogens (primary N) is 1. The molecule has 2 N–H and O–H groups in total. The van der Waals surface area contributed by atoms with E-state index in [1.165, 1.54) is 25.7 Å². The molecule has 112 valence electrons. The van der Waals surface area contributed by atoms with Gasteiger partial charge in [0.1, 0.15) is 5.75 Å². The Bertz CT molecular complexity index is 603. The minimum atomic E-state index is 0.464. The maximum atomic E-state index is 5.77. The molecule has 2 heterocycles. The molecule has 3 rings (SSSR count). The molecular weight excluding hydrogens is 268 g/mol. The molecule has 1 saturated heterocycles. The molecule has 0 saturated carbocycles. The predicted molar refractivity (Wildman–Crippen MR) is 81.4 cm³/mol. The van der Waals surface area contributed by atoms with Crippen LogP contribution in [-0.2, 0) is 0 Å². The average Bonchev–Trinajstić information content (AvgIpc) is 2.82. The summed E-state index contributed by atoms with van der Waals surface area (Å²) in [4.78, 5) is 6.70. The maximum absolute atomic E-state index is 5.77. The van der Waals surface area contributed by atoms with Gasteiger partial charge in [0.25, 0.3) is 11.8 Å². The Labute approximate surface area is 123 Å². The van der Waals surface area contributed by atoms with Crippen LogP contribution >= 0.6 is 0 Å². The lowest BCUT2D eigenvalue weighted by molar-refractivity contribution is 0.405. The largest absolute Gasteiger partial charge is 0.496 e. The molecule has 0 bridgehead atoms. The van der Waals surface area contributed by atoms with E-state index >= 15 is 0 Å². The molecule has 2 aromatic rings. The molecule has 1 fully saturated rings. The van der Waals surface area contributed by atoms with Crippen LogP contribution in [0.15, 0.2) is 22.7 Å². The minimum Gasteiger partial charge on any atom is -0.496 e. The summed E-state index contributed by atoms with van der Waals surface area (Å²) in [6, 6.07) is 5.40. The Morgan fingerprint density at radius 3 is 2.67 bits per heavy atom. The van der Waals surface area contributed by atoms with Crippen molar-refractivity contribution in [2.24, 2.45) is 0 Å². The number of rotatable bonds is 3. The molecule has 0 atom stereocenters. The SMILES string of the molecule is COc1cc(N)ccc1-c1nc(N2CCCCCC2)no1. The molecule has 1 aromatic carbocycles. The van der Waals surface area contributed by atoms with Crippen LogP contribution in [0.2, 0.25) is 0 Å². The van der Waals surface area contributed by atoms with Gasteiger partial charge >= 0.3 is 0 Å². The Morgan fingerprint density at radius 2 is 1.95 bits per heavy atom. The lowest BCUT2D eigenvalue weighted by Crippen LogP contribution is -2.24. The summed E-state index contributed by atoms with van der Waals surface area (Å²) in [5, 5.41) is 4.11. The first-order valence-electron chi connectivity index (χ1n) is 7.30. The van der Waals surface area contributed by atoms with Crippen LogP contribution in [0, 0.1) is 0 Å². The molecule has 1 aromatic heterocycles. The van der Waals surface area contributed by atoms with E-state index in [1.807, 2.05) is 6.07 Å². The molecule has 21 heavy (non-hydrogen) atoms. The molecule has 6 heteroatoms. The van der Waals surface area contributed by atoms with E-state index in [1.54, 1.807) is 19.2 Å². The van der Waals surface area contributed by atoms with Gasteiger partial charge in [-0.2, -0.15) is 4.98 Å². The highest BCUT2D eigenvalue weighted by molar-refractivity contribution is 5.67. The highest BCUT2D eigenvalue weighted by Crippen LogP contribution is 2.31. The smallest absolute Gasteiger partial charge is 0.266 e. The predicted octanol–water partition coefficient (Wildman–Crippen LogP) is 2.71. The summed E-state index contributed by atoms with van der Waals surface area (Å²) in [7, 11) is 1.60. The van der Waals surface area contributed by atoms with Gasteiger partial charge in [0, 0.05) is 24.8 Å². The first-order valence-corrected chi connectivity index (χ1v) is 7.30. The first kappa shape index (κ1) is 13.7. The van der Waals surface area contributed by atoms with Gasteiger partial charge in [-0.3, -0.25) is 0 Å². The van der Waals surface area contributed by atoms with Crippen molar-refractivity contribution < 1.29 is 9.26 Å². The van der Waals surface area contributed by atoms with E-state index < -0.39 is 0 Å². The first-order chi connectivity index (χ1) is 10.3. The van der Waals surface area contributed by atoms with Gasteiger partial charge in [-0.05, 0) is 30.1 Å². The van der Waals surface area contributed by atoms with Crippen molar-refractivity contribution in [1.29, 1.82) is 0 Å². The molecular formula is C15H20N4O2. The van der Waals surface area contributed by atoms with E-state index in [4.69, 9.17) is 15.0 Å². The summed E-state index contributed by atoms with van der Waals surface area (Å²) in [6.07, 6.45) is 4.89. The van der Waals surface area contributed by atoms with Crippen molar-refractivity contribution in [3.8, 4) is 17.2 Å². The van der Waals surface area contributed by atoms with Crippen molar-refractivity contribution in [1.82, 2.24) is 10.1 Å². The van der Waals surface area contributed by atoms with Crippen LogP contribution < -0.4 is 15.4 Å². The third-order valence-electron chi connectivity index (χ3n) is 3.76. The molecule has 1 aliphatic rings. The molecule has 6 nitrogen and oxygen atoms in total. The summed E-state index contributed by atoms with van der Waals surface area (Å²) in [5.74, 6) is 1.76. The molecule has 0 amide bonds. The van der Waals surface area contributed by atoms with Crippen LogP contribution in [0.5, 0.6) is 5.75 Å². The fourth-order valence-electron chi connectivity index (χ4n) is 2.61. The second kappa shape index (κ2) is 6.03. The van der Waals surface area contributed by atoms with Gasteiger partial charge in [0.15, 0.2) is 0 Å². The second-order valence-electron chi connectivity index (χ2n) is 5.26. The van der Waals surface area contributed by atoms with Crippen LogP contribution in [-0.4, -0.2) is 30.3 Å². The number of nitrogens with zero attached hydrogens (tertiary/aromatic N) is 3. The Morgan fingerprint density at radius 1 is 1.19 bits per heavy atom. The third kappa shape index (κ3) is 2.94. The van der Waals surface area contributed by atoms with E-state index in [2.05, 4.69) is 15.0 Å². The van der Waals surface area contributed by atoms with Crippen molar-refractivity contribution in [3.63, 3.8) is 0 Å². The van der Waals surface area contributed by atoms with Crippen molar-refractivity contribution in [2.75, 3.05) is 30.8 Å². The topological polar surface area (TPSA) is 77.4 Å². The van der Waals surface area contributed by atoms with E-state index in [9.17, 15) is 0 Å². The fourth-order valence-corrected chi connectivity index (χ4v) is 2.61. The number of aromatic nitrogens is 2. The van der Waals surface area contributed by atoms with E-state index in [0.29, 0.717) is 23.3 Å². The van der Waals surface area contributed by atoms with Crippen molar-refractivity contribution in [2.45, 2.75) is 25.7 Å². The normalized spacial score (nSPS) is 15.8. The fraction of sp³-hybridized carbons (Fsp3) is 0.467. The van der Waals surface area contributed by atoms with Crippen LogP contribution in [0.1, 0.15) is 25.7 Å². The molecule has 0 unspecified atom stereocenters.